The van der Waals surface area contributed by atoms with Crippen molar-refractivity contribution in [2.75, 3.05) is 0 Å². The molecule has 4 rings (SSSR count). The summed E-state index contributed by atoms with van der Waals surface area (Å²) in [6.45, 7) is 0. The van der Waals surface area contributed by atoms with Crippen LogP contribution in [0.2, 0.25) is 0 Å². The van der Waals surface area contributed by atoms with Crippen molar-refractivity contribution in [3.05, 3.63) is 77.3 Å². The van der Waals surface area contributed by atoms with Crippen LogP contribution in [0, 0.1) is 0 Å². The summed E-state index contributed by atoms with van der Waals surface area (Å²) in [5, 5.41) is 0.591. The molecule has 4 nitrogen and oxygen atoms in total. The highest BCUT2D eigenvalue weighted by Crippen LogP contribution is 2.25. The zero-order valence-corrected chi connectivity index (χ0v) is 11.6. The fourth-order valence-electron chi connectivity index (χ4n) is 2.49. The van der Waals surface area contributed by atoms with Gasteiger partial charge in [-0.15, -0.1) is 0 Å². The zero-order chi connectivity index (χ0) is 14.9. The Balaban J connectivity index is 1.89. The van der Waals surface area contributed by atoms with Gasteiger partial charge in [-0.25, -0.2) is 4.98 Å². The lowest BCUT2D eigenvalue weighted by Gasteiger charge is -2.05. The molecule has 0 fully saturated rings. The first-order chi connectivity index (χ1) is 10.8. The Morgan fingerprint density at radius 2 is 1.77 bits per heavy atom. The molecule has 4 heteroatoms. The minimum atomic E-state index is -0.135. The van der Waals surface area contributed by atoms with Gasteiger partial charge in [-0.05, 0) is 30.3 Å². The molecule has 0 atom stereocenters. The quantitative estimate of drug-likeness (QED) is 0.609. The molecule has 4 aromatic rings. The van der Waals surface area contributed by atoms with E-state index in [-0.39, 0.29) is 5.56 Å². The molecule has 1 N–H and O–H groups in total. The molecular formula is C18H12N2O2. The predicted octanol–water partition coefficient (Wildman–Crippen LogP) is 3.85. The molecule has 106 valence electrons. The van der Waals surface area contributed by atoms with Gasteiger partial charge < -0.3 is 9.40 Å². The van der Waals surface area contributed by atoms with Crippen LogP contribution in [-0.2, 0) is 0 Å². The second-order valence-corrected chi connectivity index (χ2v) is 4.99. The highest BCUT2D eigenvalue weighted by molar-refractivity contribution is 5.79. The van der Waals surface area contributed by atoms with Crippen molar-refractivity contribution in [1.82, 2.24) is 9.97 Å². The average Bonchev–Trinajstić information content (AvgIpc) is 3.09. The first-order valence-corrected chi connectivity index (χ1v) is 6.95. The largest absolute Gasteiger partial charge is 0.464 e. The molecule has 2 heterocycles. The molecule has 0 aliphatic carbocycles. The van der Waals surface area contributed by atoms with Crippen LogP contribution in [-0.4, -0.2) is 9.97 Å². The topological polar surface area (TPSA) is 58.9 Å². The molecule has 0 aliphatic heterocycles. The second-order valence-electron chi connectivity index (χ2n) is 4.99. The van der Waals surface area contributed by atoms with Crippen LogP contribution in [0.4, 0.5) is 0 Å². The molecule has 0 aliphatic rings. The zero-order valence-electron chi connectivity index (χ0n) is 11.6. The average molecular weight is 288 g/mol. The number of fused-ring (bicyclic) bond motifs is 1. The van der Waals surface area contributed by atoms with E-state index in [2.05, 4.69) is 9.97 Å². The van der Waals surface area contributed by atoms with Crippen molar-refractivity contribution in [3.63, 3.8) is 0 Å². The van der Waals surface area contributed by atoms with Crippen LogP contribution in [0.15, 0.2) is 76.1 Å². The van der Waals surface area contributed by atoms with E-state index in [1.54, 1.807) is 12.3 Å². The van der Waals surface area contributed by atoms with Gasteiger partial charge in [0.05, 0.1) is 17.2 Å². The third-order valence-electron chi connectivity index (χ3n) is 3.55. The Labute approximate surface area is 126 Å². The van der Waals surface area contributed by atoms with Gasteiger partial charge in [-0.2, -0.15) is 0 Å². The number of hydrogen-bond donors (Lipinski definition) is 1. The summed E-state index contributed by atoms with van der Waals surface area (Å²) >= 11 is 0. The molecule has 0 saturated carbocycles. The summed E-state index contributed by atoms with van der Waals surface area (Å²) in [6.07, 6.45) is 1.64. The maximum atomic E-state index is 12.2. The van der Waals surface area contributed by atoms with Crippen molar-refractivity contribution in [1.29, 1.82) is 0 Å². The molecule has 0 amide bonds. The molecule has 0 spiro atoms. The van der Waals surface area contributed by atoms with E-state index in [0.29, 0.717) is 16.7 Å². The maximum Gasteiger partial charge on any atom is 0.259 e. The maximum absolute atomic E-state index is 12.2. The Hall–Kier alpha value is -3.14. The number of benzene rings is 2. The Morgan fingerprint density at radius 1 is 0.909 bits per heavy atom. The second kappa shape index (κ2) is 5.00. The third kappa shape index (κ3) is 2.11. The lowest BCUT2D eigenvalue weighted by Crippen LogP contribution is -2.09. The summed E-state index contributed by atoms with van der Waals surface area (Å²) in [5.41, 5.74) is 2.34. The van der Waals surface area contributed by atoms with E-state index in [9.17, 15) is 4.79 Å². The first kappa shape index (κ1) is 12.6. The van der Waals surface area contributed by atoms with Crippen LogP contribution in [0.1, 0.15) is 0 Å². The van der Waals surface area contributed by atoms with E-state index in [0.717, 1.165) is 16.9 Å². The smallest absolute Gasteiger partial charge is 0.259 e. The van der Waals surface area contributed by atoms with Crippen molar-refractivity contribution in [3.8, 4) is 22.7 Å². The summed E-state index contributed by atoms with van der Waals surface area (Å²) in [5.74, 6) is 1.34. The van der Waals surface area contributed by atoms with Crippen molar-refractivity contribution >= 4 is 10.9 Å². The van der Waals surface area contributed by atoms with Crippen LogP contribution in [0.25, 0.3) is 33.6 Å². The number of hydrogen-bond acceptors (Lipinski definition) is 3. The monoisotopic (exact) mass is 288 g/mol. The van der Waals surface area contributed by atoms with Gasteiger partial charge in [-0.3, -0.25) is 4.79 Å². The number of H-pyrrole nitrogens is 1. The van der Waals surface area contributed by atoms with E-state index >= 15 is 0 Å². The third-order valence-corrected chi connectivity index (χ3v) is 3.55. The number of furan rings is 1. The molecule has 2 aromatic heterocycles. The van der Waals surface area contributed by atoms with Crippen molar-refractivity contribution in [2.45, 2.75) is 0 Å². The predicted molar refractivity (Wildman–Crippen MR) is 85.5 cm³/mol. The Kier molecular flexibility index (Phi) is 2.86. The lowest BCUT2D eigenvalue weighted by molar-refractivity contribution is 0.582. The fraction of sp³-hybridized carbons (Fsp3) is 0. The summed E-state index contributed by atoms with van der Waals surface area (Å²) in [7, 11) is 0. The van der Waals surface area contributed by atoms with Gasteiger partial charge in [0, 0.05) is 11.1 Å². The van der Waals surface area contributed by atoms with Gasteiger partial charge in [0.1, 0.15) is 11.6 Å². The van der Waals surface area contributed by atoms with Crippen LogP contribution >= 0.6 is 0 Å². The highest BCUT2D eigenvalue weighted by Gasteiger charge is 2.07. The standard InChI is InChI=1S/C18H12N2O2/c21-18-14-7-1-2-8-15(14)19-17(20-18)13-6-3-5-12(11-13)16-9-4-10-22-16/h1-11H,(H,19,20,21). The molecule has 2 aromatic carbocycles. The van der Waals surface area contributed by atoms with Gasteiger partial charge in [0.15, 0.2) is 0 Å². The Morgan fingerprint density at radius 3 is 2.64 bits per heavy atom. The van der Waals surface area contributed by atoms with Gasteiger partial charge in [0.2, 0.25) is 0 Å². The van der Waals surface area contributed by atoms with Crippen LogP contribution in [0.5, 0.6) is 0 Å². The molecule has 0 saturated heterocycles. The number of nitrogens with zero attached hydrogens (tertiary/aromatic N) is 1. The summed E-state index contributed by atoms with van der Waals surface area (Å²) in [6, 6.07) is 18.8. The SMILES string of the molecule is O=c1[nH]c(-c2cccc(-c3ccco3)c2)nc2ccccc12. The number of aromatic amines is 1. The van der Waals surface area contributed by atoms with E-state index in [4.69, 9.17) is 4.42 Å². The molecular weight excluding hydrogens is 276 g/mol. The fourth-order valence-corrected chi connectivity index (χ4v) is 2.49. The van der Waals surface area contributed by atoms with Gasteiger partial charge in [0.25, 0.3) is 5.56 Å². The van der Waals surface area contributed by atoms with E-state index < -0.39 is 0 Å². The summed E-state index contributed by atoms with van der Waals surface area (Å²) < 4.78 is 5.41. The highest BCUT2D eigenvalue weighted by atomic mass is 16.3. The number of rotatable bonds is 2. The number of nitrogens with one attached hydrogen (secondary N) is 1. The Bertz CT molecular complexity index is 1000. The normalized spacial score (nSPS) is 10.9. The molecule has 22 heavy (non-hydrogen) atoms. The minimum Gasteiger partial charge on any atom is -0.464 e. The molecule has 0 bridgehead atoms. The lowest BCUT2D eigenvalue weighted by atomic mass is 10.1. The minimum absolute atomic E-state index is 0.135. The van der Waals surface area contributed by atoms with Crippen LogP contribution < -0.4 is 5.56 Å². The number of para-hydroxylation sites is 1. The first-order valence-electron chi connectivity index (χ1n) is 6.95. The molecule has 0 radical (unpaired) electrons. The van der Waals surface area contributed by atoms with Crippen molar-refractivity contribution in [2.24, 2.45) is 0 Å². The van der Waals surface area contributed by atoms with Gasteiger partial charge in [-0.1, -0.05) is 30.3 Å². The van der Waals surface area contributed by atoms with E-state index in [1.807, 2.05) is 54.6 Å². The van der Waals surface area contributed by atoms with Crippen LogP contribution in [0.3, 0.4) is 0 Å². The van der Waals surface area contributed by atoms with Gasteiger partial charge >= 0.3 is 0 Å². The summed E-state index contributed by atoms with van der Waals surface area (Å²) in [4.78, 5) is 19.6. The van der Waals surface area contributed by atoms with Crippen molar-refractivity contribution < 1.29 is 4.42 Å². The molecule has 0 unspecified atom stereocenters. The van der Waals surface area contributed by atoms with E-state index in [1.165, 1.54) is 0 Å². The number of aromatic nitrogens is 2.